The molecule has 3 rings (SSSR count). The Morgan fingerprint density at radius 3 is 2.86 bits per heavy atom. The van der Waals surface area contributed by atoms with E-state index in [2.05, 4.69) is 26.2 Å². The SMILES string of the molecule is O=C(Cc1ccc(Br)cc1)N1CCNCC1c1cccnc1. The zero-order valence-electron chi connectivity index (χ0n) is 12.2. The van der Waals surface area contributed by atoms with Gasteiger partial charge in [-0.1, -0.05) is 34.1 Å². The standard InChI is InChI=1S/C17H18BrN3O/c18-15-5-3-13(4-6-15)10-17(22)21-9-8-20-12-16(21)14-2-1-7-19-11-14/h1-7,11,16,20H,8-10,12H2. The van der Waals surface area contributed by atoms with Crippen molar-refractivity contribution < 1.29 is 4.79 Å². The molecular weight excluding hydrogens is 342 g/mol. The van der Waals surface area contributed by atoms with E-state index in [-0.39, 0.29) is 11.9 Å². The maximum atomic E-state index is 12.7. The van der Waals surface area contributed by atoms with Gasteiger partial charge in [0.15, 0.2) is 0 Å². The molecule has 22 heavy (non-hydrogen) atoms. The predicted octanol–water partition coefficient (Wildman–Crippen LogP) is 2.56. The van der Waals surface area contributed by atoms with Gasteiger partial charge in [-0.2, -0.15) is 0 Å². The lowest BCUT2D eigenvalue weighted by molar-refractivity contribution is -0.133. The second kappa shape index (κ2) is 7.03. The number of benzene rings is 1. The van der Waals surface area contributed by atoms with Crippen LogP contribution in [0.3, 0.4) is 0 Å². The molecule has 1 aliphatic heterocycles. The average Bonchev–Trinajstić information content (AvgIpc) is 2.58. The molecule has 1 atom stereocenters. The van der Waals surface area contributed by atoms with Crippen molar-refractivity contribution in [3.05, 3.63) is 64.4 Å². The molecule has 0 aliphatic carbocycles. The topological polar surface area (TPSA) is 45.2 Å². The highest BCUT2D eigenvalue weighted by molar-refractivity contribution is 9.10. The summed E-state index contributed by atoms with van der Waals surface area (Å²) in [5.74, 6) is 0.165. The normalized spacial score (nSPS) is 18.2. The van der Waals surface area contributed by atoms with Crippen molar-refractivity contribution in [2.45, 2.75) is 12.5 Å². The van der Waals surface area contributed by atoms with Gasteiger partial charge in [-0.05, 0) is 29.3 Å². The first-order valence-electron chi connectivity index (χ1n) is 7.38. The number of hydrogen-bond donors (Lipinski definition) is 1. The van der Waals surface area contributed by atoms with Crippen LogP contribution in [0.1, 0.15) is 17.2 Å². The fourth-order valence-corrected chi connectivity index (χ4v) is 3.02. The van der Waals surface area contributed by atoms with Crippen LogP contribution >= 0.6 is 15.9 Å². The highest BCUT2D eigenvalue weighted by atomic mass is 79.9. The number of piperazine rings is 1. The molecule has 1 fully saturated rings. The molecule has 1 amide bonds. The number of rotatable bonds is 3. The van der Waals surface area contributed by atoms with Crippen LogP contribution in [0, 0.1) is 0 Å². The number of hydrogen-bond acceptors (Lipinski definition) is 3. The van der Waals surface area contributed by atoms with E-state index in [9.17, 15) is 4.79 Å². The Kier molecular flexibility index (Phi) is 4.85. The summed E-state index contributed by atoms with van der Waals surface area (Å²) in [6, 6.07) is 11.9. The lowest BCUT2D eigenvalue weighted by Crippen LogP contribution is -2.49. The first kappa shape index (κ1) is 15.2. The first-order valence-corrected chi connectivity index (χ1v) is 8.18. The molecule has 0 radical (unpaired) electrons. The van der Waals surface area contributed by atoms with Crippen LogP contribution in [0.5, 0.6) is 0 Å². The number of carbonyl (C=O) groups is 1. The maximum Gasteiger partial charge on any atom is 0.227 e. The van der Waals surface area contributed by atoms with Gasteiger partial charge >= 0.3 is 0 Å². The number of aromatic nitrogens is 1. The van der Waals surface area contributed by atoms with Crippen molar-refractivity contribution in [3.63, 3.8) is 0 Å². The van der Waals surface area contributed by atoms with Crippen LogP contribution in [0.15, 0.2) is 53.3 Å². The summed E-state index contributed by atoms with van der Waals surface area (Å²) < 4.78 is 1.03. The van der Waals surface area contributed by atoms with Gasteiger partial charge < -0.3 is 10.2 Å². The third-order valence-corrected chi connectivity index (χ3v) is 4.43. The zero-order chi connectivity index (χ0) is 15.4. The van der Waals surface area contributed by atoms with Gasteiger partial charge in [0, 0.05) is 36.5 Å². The minimum atomic E-state index is 0.0606. The van der Waals surface area contributed by atoms with Gasteiger partial charge in [-0.15, -0.1) is 0 Å². The van der Waals surface area contributed by atoms with Gasteiger partial charge in [0.1, 0.15) is 0 Å². The van der Waals surface area contributed by atoms with Gasteiger partial charge in [-0.3, -0.25) is 9.78 Å². The molecule has 1 N–H and O–H groups in total. The van der Waals surface area contributed by atoms with E-state index in [0.29, 0.717) is 6.42 Å². The second-order valence-electron chi connectivity index (χ2n) is 5.40. The molecule has 1 saturated heterocycles. The number of nitrogens with zero attached hydrogens (tertiary/aromatic N) is 2. The third kappa shape index (κ3) is 3.54. The molecule has 4 nitrogen and oxygen atoms in total. The van der Waals surface area contributed by atoms with E-state index >= 15 is 0 Å². The van der Waals surface area contributed by atoms with Crippen molar-refractivity contribution in [3.8, 4) is 0 Å². The molecule has 1 aromatic heterocycles. The number of amides is 1. The summed E-state index contributed by atoms with van der Waals surface area (Å²) in [5.41, 5.74) is 2.12. The van der Waals surface area contributed by atoms with E-state index in [1.165, 1.54) is 0 Å². The van der Waals surface area contributed by atoms with Crippen LogP contribution in [0.2, 0.25) is 0 Å². The number of carbonyl (C=O) groups excluding carboxylic acids is 1. The largest absolute Gasteiger partial charge is 0.333 e. The summed E-state index contributed by atoms with van der Waals surface area (Å²) in [5, 5.41) is 3.36. The Morgan fingerprint density at radius 1 is 1.32 bits per heavy atom. The van der Waals surface area contributed by atoms with E-state index < -0.39 is 0 Å². The van der Waals surface area contributed by atoms with Gasteiger partial charge in [0.25, 0.3) is 0 Å². The summed E-state index contributed by atoms with van der Waals surface area (Å²) in [6.45, 7) is 2.34. The monoisotopic (exact) mass is 359 g/mol. The van der Waals surface area contributed by atoms with Crippen LogP contribution < -0.4 is 5.32 Å². The van der Waals surface area contributed by atoms with Gasteiger partial charge in [-0.25, -0.2) is 0 Å². The number of pyridine rings is 1. The minimum absolute atomic E-state index is 0.0606. The first-order chi connectivity index (χ1) is 10.7. The second-order valence-corrected chi connectivity index (χ2v) is 6.31. The summed E-state index contributed by atoms with van der Waals surface area (Å²) in [6.07, 6.45) is 4.04. The Labute approximate surface area is 138 Å². The Morgan fingerprint density at radius 2 is 2.14 bits per heavy atom. The Balaban J connectivity index is 1.75. The molecule has 2 aromatic rings. The fraction of sp³-hybridized carbons (Fsp3) is 0.294. The van der Waals surface area contributed by atoms with Crippen LogP contribution in [-0.4, -0.2) is 35.4 Å². The van der Waals surface area contributed by atoms with Crippen molar-refractivity contribution in [2.24, 2.45) is 0 Å². The summed E-state index contributed by atoms with van der Waals surface area (Å²) >= 11 is 3.42. The Hall–Kier alpha value is -1.72. The maximum absolute atomic E-state index is 12.7. The molecule has 5 heteroatoms. The molecule has 1 aliphatic rings. The van der Waals surface area contributed by atoms with Gasteiger partial charge in [0.05, 0.1) is 12.5 Å². The van der Waals surface area contributed by atoms with Crippen LogP contribution in [0.25, 0.3) is 0 Å². The Bertz CT molecular complexity index is 630. The molecule has 1 aromatic carbocycles. The zero-order valence-corrected chi connectivity index (χ0v) is 13.8. The molecule has 114 valence electrons. The quantitative estimate of drug-likeness (QED) is 0.915. The lowest BCUT2D eigenvalue weighted by Gasteiger charge is -2.36. The highest BCUT2D eigenvalue weighted by Crippen LogP contribution is 2.22. The molecule has 0 bridgehead atoms. The van der Waals surface area contributed by atoms with Crippen molar-refractivity contribution in [2.75, 3.05) is 19.6 Å². The minimum Gasteiger partial charge on any atom is -0.333 e. The van der Waals surface area contributed by atoms with Crippen molar-refractivity contribution in [1.29, 1.82) is 0 Å². The van der Waals surface area contributed by atoms with Crippen molar-refractivity contribution >= 4 is 21.8 Å². The van der Waals surface area contributed by atoms with E-state index in [1.54, 1.807) is 6.20 Å². The van der Waals surface area contributed by atoms with E-state index in [1.807, 2.05) is 47.5 Å². The molecule has 1 unspecified atom stereocenters. The van der Waals surface area contributed by atoms with Crippen LogP contribution in [-0.2, 0) is 11.2 Å². The van der Waals surface area contributed by atoms with Gasteiger partial charge in [0.2, 0.25) is 5.91 Å². The summed E-state index contributed by atoms with van der Waals surface area (Å²) in [4.78, 5) is 18.8. The third-order valence-electron chi connectivity index (χ3n) is 3.90. The van der Waals surface area contributed by atoms with E-state index in [4.69, 9.17) is 0 Å². The highest BCUT2D eigenvalue weighted by Gasteiger charge is 2.27. The predicted molar refractivity (Wildman–Crippen MR) is 89.4 cm³/mol. The lowest BCUT2D eigenvalue weighted by atomic mass is 10.0. The van der Waals surface area contributed by atoms with E-state index in [0.717, 1.165) is 35.2 Å². The average molecular weight is 360 g/mol. The smallest absolute Gasteiger partial charge is 0.227 e. The molecule has 0 saturated carbocycles. The molecule has 2 heterocycles. The molecular formula is C17H18BrN3O. The molecule has 0 spiro atoms. The number of nitrogens with one attached hydrogen (secondary N) is 1. The number of halogens is 1. The summed E-state index contributed by atoms with van der Waals surface area (Å²) in [7, 11) is 0. The van der Waals surface area contributed by atoms with Crippen LogP contribution in [0.4, 0.5) is 0 Å². The van der Waals surface area contributed by atoms with Crippen molar-refractivity contribution in [1.82, 2.24) is 15.2 Å². The fourth-order valence-electron chi connectivity index (χ4n) is 2.75.